The molecule has 1 aliphatic carbocycles. The molecule has 1 saturated carbocycles. The van der Waals surface area contributed by atoms with Gasteiger partial charge in [0.15, 0.2) is 0 Å². The van der Waals surface area contributed by atoms with Crippen molar-refractivity contribution in [2.45, 2.75) is 56.4 Å². The van der Waals surface area contributed by atoms with Crippen molar-refractivity contribution in [1.82, 2.24) is 9.62 Å². The predicted molar refractivity (Wildman–Crippen MR) is 128 cm³/mol. The SMILES string of the molecule is CN(C)c1ccc(C(CNS(=O)(=O)C2CCCCC2)N2CCc3ccccc3C2)cc1. The molecule has 1 fully saturated rings. The smallest absolute Gasteiger partial charge is 0.214 e. The van der Waals surface area contributed by atoms with Crippen molar-refractivity contribution in [2.24, 2.45) is 0 Å². The third-order valence-electron chi connectivity index (χ3n) is 6.86. The first kappa shape index (κ1) is 22.3. The fourth-order valence-electron chi connectivity index (χ4n) is 4.92. The molecule has 1 aliphatic heterocycles. The van der Waals surface area contributed by atoms with E-state index in [4.69, 9.17) is 0 Å². The molecule has 5 nitrogen and oxygen atoms in total. The van der Waals surface area contributed by atoms with E-state index in [1.807, 2.05) is 14.1 Å². The van der Waals surface area contributed by atoms with Crippen molar-refractivity contribution in [1.29, 1.82) is 0 Å². The lowest BCUT2D eigenvalue weighted by molar-refractivity contribution is 0.180. The van der Waals surface area contributed by atoms with Gasteiger partial charge in [-0.1, -0.05) is 55.7 Å². The molecule has 4 rings (SSSR count). The van der Waals surface area contributed by atoms with Crippen LogP contribution in [0.3, 0.4) is 0 Å². The van der Waals surface area contributed by atoms with E-state index >= 15 is 0 Å². The van der Waals surface area contributed by atoms with Crippen molar-refractivity contribution in [3.8, 4) is 0 Å². The Hall–Kier alpha value is -1.89. The summed E-state index contributed by atoms with van der Waals surface area (Å²) >= 11 is 0. The van der Waals surface area contributed by atoms with Crippen molar-refractivity contribution in [2.75, 3.05) is 32.1 Å². The van der Waals surface area contributed by atoms with Crippen molar-refractivity contribution in [3.63, 3.8) is 0 Å². The average molecular weight is 442 g/mol. The fourth-order valence-corrected chi connectivity index (χ4v) is 6.50. The number of sulfonamides is 1. The van der Waals surface area contributed by atoms with Crippen molar-refractivity contribution in [3.05, 3.63) is 65.2 Å². The average Bonchev–Trinajstić information content (AvgIpc) is 2.80. The Kier molecular flexibility index (Phi) is 6.99. The number of rotatable bonds is 7. The van der Waals surface area contributed by atoms with Crippen LogP contribution in [0.1, 0.15) is 54.8 Å². The number of benzene rings is 2. The monoisotopic (exact) mass is 441 g/mol. The molecular formula is C25H35N3O2S. The van der Waals surface area contributed by atoms with Crippen LogP contribution in [0.5, 0.6) is 0 Å². The summed E-state index contributed by atoms with van der Waals surface area (Å²) in [7, 11) is 0.776. The lowest BCUT2D eigenvalue weighted by atomic mass is 9.96. The summed E-state index contributed by atoms with van der Waals surface area (Å²) in [5.74, 6) is 0. The molecule has 1 unspecified atom stereocenters. The quantitative estimate of drug-likeness (QED) is 0.703. The highest BCUT2D eigenvalue weighted by atomic mass is 32.2. The number of hydrogen-bond donors (Lipinski definition) is 1. The van der Waals surface area contributed by atoms with Gasteiger partial charge in [-0.25, -0.2) is 13.1 Å². The maximum absolute atomic E-state index is 13.0. The van der Waals surface area contributed by atoms with Crippen LogP contribution in [0, 0.1) is 0 Å². The van der Waals surface area contributed by atoms with Gasteiger partial charge in [-0.2, -0.15) is 0 Å². The van der Waals surface area contributed by atoms with Crippen LogP contribution >= 0.6 is 0 Å². The van der Waals surface area contributed by atoms with Crippen molar-refractivity contribution < 1.29 is 8.42 Å². The van der Waals surface area contributed by atoms with Crippen LogP contribution in [-0.4, -0.2) is 45.8 Å². The minimum atomic E-state index is -3.29. The van der Waals surface area contributed by atoms with Crippen LogP contribution < -0.4 is 9.62 Å². The molecule has 31 heavy (non-hydrogen) atoms. The zero-order chi connectivity index (χ0) is 21.8. The summed E-state index contributed by atoms with van der Waals surface area (Å²) in [6.07, 6.45) is 5.76. The van der Waals surface area contributed by atoms with Gasteiger partial charge in [0.2, 0.25) is 10.0 Å². The predicted octanol–water partition coefficient (Wildman–Crippen LogP) is 4.10. The molecular weight excluding hydrogens is 406 g/mol. The summed E-state index contributed by atoms with van der Waals surface area (Å²) in [6.45, 7) is 2.20. The van der Waals surface area contributed by atoms with Gasteiger partial charge in [-0.05, 0) is 48.1 Å². The number of nitrogens with zero attached hydrogens (tertiary/aromatic N) is 2. The second-order valence-electron chi connectivity index (χ2n) is 9.14. The first-order valence-corrected chi connectivity index (χ1v) is 13.1. The maximum atomic E-state index is 13.0. The lowest BCUT2D eigenvalue weighted by Gasteiger charge is -2.36. The summed E-state index contributed by atoms with van der Waals surface area (Å²) < 4.78 is 29.0. The Bertz CT molecular complexity index is 967. The maximum Gasteiger partial charge on any atom is 0.214 e. The summed E-state index contributed by atoms with van der Waals surface area (Å²) in [5.41, 5.74) is 5.06. The molecule has 1 N–H and O–H groups in total. The van der Waals surface area contributed by atoms with E-state index in [1.165, 1.54) is 11.1 Å². The van der Waals surface area contributed by atoms with Crippen LogP contribution in [0.4, 0.5) is 5.69 Å². The minimum Gasteiger partial charge on any atom is -0.378 e. The van der Waals surface area contributed by atoms with Crippen LogP contribution in [-0.2, 0) is 23.0 Å². The van der Waals surface area contributed by atoms with Gasteiger partial charge in [-0.3, -0.25) is 4.90 Å². The van der Waals surface area contributed by atoms with E-state index in [0.29, 0.717) is 6.54 Å². The number of nitrogens with one attached hydrogen (secondary N) is 1. The van der Waals surface area contributed by atoms with Gasteiger partial charge < -0.3 is 4.90 Å². The normalized spacial score (nSPS) is 19.0. The van der Waals surface area contributed by atoms with E-state index in [-0.39, 0.29) is 11.3 Å². The fraction of sp³-hybridized carbons (Fsp3) is 0.520. The second-order valence-corrected chi connectivity index (χ2v) is 11.2. The highest BCUT2D eigenvalue weighted by molar-refractivity contribution is 7.90. The lowest BCUT2D eigenvalue weighted by Crippen LogP contribution is -2.43. The third-order valence-corrected chi connectivity index (χ3v) is 8.78. The highest BCUT2D eigenvalue weighted by Crippen LogP contribution is 2.30. The number of fused-ring (bicyclic) bond motifs is 1. The van der Waals surface area contributed by atoms with Gasteiger partial charge in [-0.15, -0.1) is 0 Å². The first-order valence-electron chi connectivity index (χ1n) is 11.5. The van der Waals surface area contributed by atoms with Gasteiger partial charge >= 0.3 is 0 Å². The Labute approximate surface area is 187 Å². The Morgan fingerprint density at radius 3 is 2.35 bits per heavy atom. The molecule has 2 aliphatic rings. The zero-order valence-electron chi connectivity index (χ0n) is 18.8. The van der Waals surface area contributed by atoms with Crippen LogP contribution in [0.2, 0.25) is 0 Å². The Morgan fingerprint density at radius 2 is 1.68 bits per heavy atom. The third kappa shape index (κ3) is 5.30. The van der Waals surface area contributed by atoms with Crippen LogP contribution in [0.25, 0.3) is 0 Å². The van der Waals surface area contributed by atoms with Gasteiger partial charge in [0.25, 0.3) is 0 Å². The Balaban J connectivity index is 1.55. The molecule has 2 aromatic carbocycles. The summed E-state index contributed by atoms with van der Waals surface area (Å²) in [6, 6.07) is 17.2. The largest absolute Gasteiger partial charge is 0.378 e. The second kappa shape index (κ2) is 9.72. The molecule has 2 aromatic rings. The van der Waals surface area contributed by atoms with E-state index in [0.717, 1.165) is 62.9 Å². The molecule has 0 spiro atoms. The van der Waals surface area contributed by atoms with E-state index in [1.54, 1.807) is 0 Å². The first-order chi connectivity index (χ1) is 14.9. The summed E-state index contributed by atoms with van der Waals surface area (Å²) in [4.78, 5) is 4.51. The molecule has 1 heterocycles. The summed E-state index contributed by atoms with van der Waals surface area (Å²) in [5, 5.41) is -0.236. The molecule has 0 bridgehead atoms. The van der Waals surface area contributed by atoms with E-state index < -0.39 is 10.0 Å². The zero-order valence-corrected chi connectivity index (χ0v) is 19.6. The topological polar surface area (TPSA) is 52.7 Å². The molecule has 0 aromatic heterocycles. The van der Waals surface area contributed by atoms with Gasteiger partial charge in [0, 0.05) is 45.5 Å². The van der Waals surface area contributed by atoms with Crippen LogP contribution in [0.15, 0.2) is 48.5 Å². The van der Waals surface area contributed by atoms with E-state index in [9.17, 15) is 8.42 Å². The molecule has 0 amide bonds. The van der Waals surface area contributed by atoms with Crippen molar-refractivity contribution >= 4 is 15.7 Å². The molecule has 1 atom stereocenters. The minimum absolute atomic E-state index is 0.0166. The number of hydrogen-bond acceptors (Lipinski definition) is 4. The molecule has 0 saturated heterocycles. The Morgan fingerprint density at radius 1 is 1.00 bits per heavy atom. The van der Waals surface area contributed by atoms with E-state index in [2.05, 4.69) is 63.1 Å². The molecule has 168 valence electrons. The number of anilines is 1. The standard InChI is InChI=1S/C25H35N3O2S/c1-27(2)23-14-12-21(13-15-23)25(18-26-31(29,30)24-10-4-3-5-11-24)28-17-16-20-8-6-7-9-22(20)19-28/h6-9,12-15,24-26H,3-5,10-11,16-19H2,1-2H3. The van der Waals surface area contributed by atoms with Gasteiger partial charge in [0.05, 0.1) is 5.25 Å². The van der Waals surface area contributed by atoms with Gasteiger partial charge in [0.1, 0.15) is 0 Å². The molecule has 6 heteroatoms. The highest BCUT2D eigenvalue weighted by Gasteiger charge is 2.30. The molecule has 0 radical (unpaired) electrons.